The molecule has 0 unspecified atom stereocenters. The highest BCUT2D eigenvalue weighted by molar-refractivity contribution is 5.59. The van der Waals surface area contributed by atoms with Crippen LogP contribution in [0.15, 0.2) is 30.3 Å². The maximum atomic E-state index is 4.75. The summed E-state index contributed by atoms with van der Waals surface area (Å²) < 4.78 is 1.90. The van der Waals surface area contributed by atoms with Gasteiger partial charge < -0.3 is 4.90 Å². The molecule has 124 valence electrons. The lowest BCUT2D eigenvalue weighted by Crippen LogP contribution is -2.34. The molecule has 1 aliphatic rings. The van der Waals surface area contributed by atoms with Crippen LogP contribution in [-0.4, -0.2) is 32.7 Å². The van der Waals surface area contributed by atoms with Crippen LogP contribution in [0.5, 0.6) is 0 Å². The molecule has 4 rings (SSSR count). The standard InChI is InChI=1S/C19H23N5/c1-13-4-6-16(7-5-13)18-21-19-20-15(3)12-17(24(19)22-18)23-10-8-14(2)9-11-23/h4-7,12,14H,8-11H2,1-3H3. The van der Waals surface area contributed by atoms with E-state index in [1.54, 1.807) is 0 Å². The van der Waals surface area contributed by atoms with E-state index in [-0.39, 0.29) is 0 Å². The average Bonchev–Trinajstić information content (AvgIpc) is 2.99. The van der Waals surface area contributed by atoms with Crippen molar-refractivity contribution in [2.45, 2.75) is 33.6 Å². The summed E-state index contributed by atoms with van der Waals surface area (Å²) in [4.78, 5) is 11.6. The predicted molar refractivity (Wildman–Crippen MR) is 96.3 cm³/mol. The number of piperidine rings is 1. The fourth-order valence-corrected chi connectivity index (χ4v) is 3.26. The molecule has 5 heteroatoms. The molecule has 1 saturated heterocycles. The zero-order valence-corrected chi connectivity index (χ0v) is 14.5. The number of aromatic nitrogens is 4. The normalized spacial score (nSPS) is 16.0. The number of anilines is 1. The zero-order valence-electron chi connectivity index (χ0n) is 14.5. The highest BCUT2D eigenvalue weighted by Crippen LogP contribution is 2.25. The van der Waals surface area contributed by atoms with E-state index in [9.17, 15) is 0 Å². The SMILES string of the molecule is Cc1ccc(-c2nc3nc(C)cc(N4CCC(C)CC4)n3n2)cc1. The first kappa shape index (κ1) is 15.1. The van der Waals surface area contributed by atoms with E-state index in [1.165, 1.54) is 18.4 Å². The van der Waals surface area contributed by atoms with E-state index in [0.717, 1.165) is 41.9 Å². The Morgan fingerprint density at radius 2 is 1.71 bits per heavy atom. The van der Waals surface area contributed by atoms with Crippen molar-refractivity contribution in [2.24, 2.45) is 5.92 Å². The Bertz CT molecular complexity index is 857. The van der Waals surface area contributed by atoms with E-state index in [1.807, 2.05) is 11.4 Å². The van der Waals surface area contributed by atoms with Gasteiger partial charge in [-0.1, -0.05) is 36.8 Å². The van der Waals surface area contributed by atoms with E-state index in [4.69, 9.17) is 5.10 Å². The Kier molecular flexibility index (Phi) is 3.71. The summed E-state index contributed by atoms with van der Waals surface area (Å²) in [5.41, 5.74) is 3.25. The van der Waals surface area contributed by atoms with Crippen molar-refractivity contribution in [3.8, 4) is 11.4 Å². The van der Waals surface area contributed by atoms with Crippen LogP contribution >= 0.6 is 0 Å². The first-order valence-electron chi connectivity index (χ1n) is 8.66. The number of aryl methyl sites for hydroxylation is 2. The average molecular weight is 321 g/mol. The van der Waals surface area contributed by atoms with Crippen LogP contribution in [0.1, 0.15) is 31.0 Å². The van der Waals surface area contributed by atoms with Gasteiger partial charge in [-0.25, -0.2) is 4.98 Å². The van der Waals surface area contributed by atoms with Crippen LogP contribution in [0.2, 0.25) is 0 Å². The third-order valence-corrected chi connectivity index (χ3v) is 4.84. The first-order valence-corrected chi connectivity index (χ1v) is 8.66. The van der Waals surface area contributed by atoms with Crippen LogP contribution in [0.3, 0.4) is 0 Å². The molecule has 24 heavy (non-hydrogen) atoms. The molecule has 2 aromatic heterocycles. The van der Waals surface area contributed by atoms with Gasteiger partial charge in [0.1, 0.15) is 5.82 Å². The van der Waals surface area contributed by atoms with Crippen molar-refractivity contribution < 1.29 is 0 Å². The highest BCUT2D eigenvalue weighted by Gasteiger charge is 2.20. The monoisotopic (exact) mass is 321 g/mol. The Balaban J connectivity index is 1.78. The molecule has 0 amide bonds. The second kappa shape index (κ2) is 5.89. The number of rotatable bonds is 2. The summed E-state index contributed by atoms with van der Waals surface area (Å²) in [6.45, 7) is 8.58. The summed E-state index contributed by atoms with van der Waals surface area (Å²) in [5.74, 6) is 3.33. The minimum Gasteiger partial charge on any atom is -0.356 e. The van der Waals surface area contributed by atoms with E-state index >= 15 is 0 Å². The van der Waals surface area contributed by atoms with E-state index in [2.05, 4.69) is 59.0 Å². The lowest BCUT2D eigenvalue weighted by atomic mass is 9.99. The smallest absolute Gasteiger partial charge is 0.254 e. The molecule has 1 aromatic carbocycles. The lowest BCUT2D eigenvalue weighted by Gasteiger charge is -2.31. The largest absolute Gasteiger partial charge is 0.356 e. The predicted octanol–water partition coefficient (Wildman–Crippen LogP) is 3.64. The lowest BCUT2D eigenvalue weighted by molar-refractivity contribution is 0.435. The zero-order chi connectivity index (χ0) is 16.7. The van der Waals surface area contributed by atoms with Gasteiger partial charge >= 0.3 is 0 Å². The molecule has 1 aliphatic heterocycles. The number of hydrogen-bond donors (Lipinski definition) is 0. The van der Waals surface area contributed by atoms with Crippen molar-refractivity contribution in [2.75, 3.05) is 18.0 Å². The molecule has 0 spiro atoms. The highest BCUT2D eigenvalue weighted by atomic mass is 15.4. The fourth-order valence-electron chi connectivity index (χ4n) is 3.26. The molecular formula is C19H23N5. The Morgan fingerprint density at radius 3 is 2.42 bits per heavy atom. The molecule has 0 aliphatic carbocycles. The minimum absolute atomic E-state index is 0.680. The van der Waals surface area contributed by atoms with Crippen LogP contribution in [0.25, 0.3) is 17.2 Å². The molecule has 0 atom stereocenters. The third kappa shape index (κ3) is 2.75. The Hall–Kier alpha value is -2.43. The van der Waals surface area contributed by atoms with Gasteiger partial charge in [0, 0.05) is 30.4 Å². The van der Waals surface area contributed by atoms with E-state index < -0.39 is 0 Å². The molecule has 3 heterocycles. The number of nitrogens with zero attached hydrogens (tertiary/aromatic N) is 5. The van der Waals surface area contributed by atoms with Gasteiger partial charge in [-0.05, 0) is 32.6 Å². The van der Waals surface area contributed by atoms with E-state index in [0.29, 0.717) is 5.78 Å². The minimum atomic E-state index is 0.680. The van der Waals surface area contributed by atoms with Crippen LogP contribution in [0, 0.1) is 19.8 Å². The van der Waals surface area contributed by atoms with Gasteiger partial charge in [0.25, 0.3) is 5.78 Å². The molecule has 0 radical (unpaired) electrons. The van der Waals surface area contributed by atoms with Gasteiger partial charge in [0.15, 0.2) is 5.82 Å². The molecule has 0 N–H and O–H groups in total. The van der Waals surface area contributed by atoms with Gasteiger partial charge in [0.2, 0.25) is 0 Å². The van der Waals surface area contributed by atoms with Crippen LogP contribution < -0.4 is 4.90 Å². The summed E-state index contributed by atoms with van der Waals surface area (Å²) in [6, 6.07) is 10.4. The van der Waals surface area contributed by atoms with Crippen LogP contribution in [0.4, 0.5) is 5.82 Å². The molecule has 3 aromatic rings. The Labute approximate surface area is 142 Å². The number of fused-ring (bicyclic) bond motifs is 1. The van der Waals surface area contributed by atoms with Crippen molar-refractivity contribution in [1.82, 2.24) is 19.6 Å². The third-order valence-electron chi connectivity index (χ3n) is 4.84. The molecular weight excluding hydrogens is 298 g/mol. The molecule has 1 fully saturated rings. The maximum absolute atomic E-state index is 4.75. The van der Waals surface area contributed by atoms with Crippen molar-refractivity contribution in [3.05, 3.63) is 41.6 Å². The summed E-state index contributed by atoms with van der Waals surface area (Å²) in [6.07, 6.45) is 2.45. The summed E-state index contributed by atoms with van der Waals surface area (Å²) in [7, 11) is 0. The van der Waals surface area contributed by atoms with Crippen molar-refractivity contribution in [3.63, 3.8) is 0 Å². The number of benzene rings is 1. The maximum Gasteiger partial charge on any atom is 0.254 e. The Morgan fingerprint density at radius 1 is 1.00 bits per heavy atom. The van der Waals surface area contributed by atoms with Gasteiger partial charge in [-0.2, -0.15) is 9.50 Å². The van der Waals surface area contributed by atoms with Gasteiger partial charge in [-0.3, -0.25) is 0 Å². The molecule has 0 bridgehead atoms. The summed E-state index contributed by atoms with van der Waals surface area (Å²) in [5, 5.41) is 4.75. The van der Waals surface area contributed by atoms with Crippen LogP contribution in [-0.2, 0) is 0 Å². The van der Waals surface area contributed by atoms with Crippen molar-refractivity contribution in [1.29, 1.82) is 0 Å². The molecule has 5 nitrogen and oxygen atoms in total. The molecule has 0 saturated carbocycles. The topological polar surface area (TPSA) is 46.3 Å². The van der Waals surface area contributed by atoms with Gasteiger partial charge in [-0.15, -0.1) is 5.10 Å². The summed E-state index contributed by atoms with van der Waals surface area (Å²) >= 11 is 0. The van der Waals surface area contributed by atoms with Crippen molar-refractivity contribution >= 4 is 11.6 Å². The second-order valence-corrected chi connectivity index (χ2v) is 6.94. The van der Waals surface area contributed by atoms with Gasteiger partial charge in [0.05, 0.1) is 0 Å². The quantitative estimate of drug-likeness (QED) is 0.723. The second-order valence-electron chi connectivity index (χ2n) is 6.94. The fraction of sp³-hybridized carbons (Fsp3) is 0.421. The first-order chi connectivity index (χ1) is 11.6. The number of hydrogen-bond acceptors (Lipinski definition) is 4.